The molecular weight excluding hydrogens is 149 g/mol. The van der Waals surface area contributed by atoms with Gasteiger partial charge in [0.15, 0.2) is 0 Å². The first-order valence-corrected chi connectivity index (χ1v) is 13.2. The summed E-state index contributed by atoms with van der Waals surface area (Å²) in [5.74, 6) is 4.94. The summed E-state index contributed by atoms with van der Waals surface area (Å²) in [7, 11) is -0.0772. The summed E-state index contributed by atoms with van der Waals surface area (Å²) < 4.78 is 0. The van der Waals surface area contributed by atoms with Gasteiger partial charge in [-0.15, -0.1) is 0 Å². The fraction of sp³-hybridized carbons (Fsp3) is 1.00. The van der Waals surface area contributed by atoms with E-state index < -0.39 is 0 Å². The molecule has 0 saturated heterocycles. The Morgan fingerprint density at radius 1 is 1.17 bits per heavy atom. The van der Waals surface area contributed by atoms with Crippen LogP contribution in [0.2, 0.25) is 24.6 Å². The van der Waals surface area contributed by atoms with E-state index in [4.69, 9.17) is 0 Å². The molecule has 0 heterocycles. The Kier molecular flexibility index (Phi) is 3.22. The van der Waals surface area contributed by atoms with Crippen LogP contribution in [0.5, 0.6) is 0 Å². The maximum atomic E-state index is 2.47. The van der Waals surface area contributed by atoms with E-state index in [0.29, 0.717) is 0 Å². The molecule has 0 aromatic carbocycles. The first kappa shape index (κ1) is 6.76. The summed E-state index contributed by atoms with van der Waals surface area (Å²) in [6.45, 7) is 4.91. The Balaban J connectivity index is 2.99. The second-order valence-corrected chi connectivity index (χ2v) is 22.3. The SMILES string of the molecule is C[SiH](C)[Ge]([CH3])[CH3]. The molecule has 0 fully saturated rings. The van der Waals surface area contributed by atoms with E-state index >= 15 is 0 Å². The molecule has 2 heteroatoms. The predicted octanol–water partition coefficient (Wildman–Crippen LogP) is 1.31. The standard InChI is InChI=1S/C4H13GeSi/c1-5(2)6(3)4/h6H,1-4H3. The zero-order valence-electron chi connectivity index (χ0n) is 5.08. The maximum absolute atomic E-state index is 2.47. The number of hydrogen-bond acceptors (Lipinski definition) is 0. The van der Waals surface area contributed by atoms with Gasteiger partial charge in [0.1, 0.15) is 0 Å². The van der Waals surface area contributed by atoms with Crippen LogP contribution in [0.25, 0.3) is 0 Å². The van der Waals surface area contributed by atoms with Gasteiger partial charge in [-0.25, -0.2) is 0 Å². The van der Waals surface area contributed by atoms with Crippen molar-refractivity contribution in [2.24, 2.45) is 0 Å². The normalized spacial score (nSPS) is 11.0. The Hall–Kier alpha value is 0.760. The number of rotatable bonds is 1. The molecule has 0 saturated carbocycles. The Bertz CT molecular complexity index is 28.5. The fourth-order valence-electron chi connectivity index (χ4n) is 0. The van der Waals surface area contributed by atoms with Gasteiger partial charge in [-0.1, -0.05) is 0 Å². The van der Waals surface area contributed by atoms with Gasteiger partial charge in [-0.05, 0) is 0 Å². The van der Waals surface area contributed by atoms with Gasteiger partial charge in [0.25, 0.3) is 0 Å². The van der Waals surface area contributed by atoms with Gasteiger partial charge in [0.05, 0.1) is 0 Å². The Morgan fingerprint density at radius 3 is 1.33 bits per heavy atom. The molecule has 37 valence electrons. The summed E-state index contributed by atoms with van der Waals surface area (Å²) in [6.07, 6.45) is 0. The third-order valence-corrected chi connectivity index (χ3v) is 18.0. The van der Waals surface area contributed by atoms with Crippen LogP contribution < -0.4 is 0 Å². The average Bonchev–Trinajstić information content (AvgIpc) is 1.36. The van der Waals surface area contributed by atoms with Crippen molar-refractivity contribution in [1.82, 2.24) is 0 Å². The third-order valence-electron chi connectivity index (χ3n) is 1.15. The van der Waals surface area contributed by atoms with Crippen LogP contribution in [0.1, 0.15) is 0 Å². The van der Waals surface area contributed by atoms with Gasteiger partial charge in [0.2, 0.25) is 0 Å². The minimum atomic E-state index is -0.324. The summed E-state index contributed by atoms with van der Waals surface area (Å²) in [5, 5.41) is 0. The Morgan fingerprint density at radius 2 is 1.33 bits per heavy atom. The molecule has 1 radical (unpaired) electrons. The van der Waals surface area contributed by atoms with Crippen LogP contribution in [-0.4, -0.2) is 21.0 Å². The molecule has 0 aromatic rings. The van der Waals surface area contributed by atoms with Gasteiger partial charge < -0.3 is 0 Å². The van der Waals surface area contributed by atoms with E-state index in [1.54, 1.807) is 0 Å². The summed E-state index contributed by atoms with van der Waals surface area (Å²) >= 11 is -0.324. The van der Waals surface area contributed by atoms with Crippen molar-refractivity contribution >= 4 is 21.0 Å². The minimum absolute atomic E-state index is 0.0772. The van der Waals surface area contributed by atoms with Crippen LogP contribution in [0.4, 0.5) is 0 Å². The Labute approximate surface area is 46.1 Å². The molecule has 6 heavy (non-hydrogen) atoms. The molecule has 0 aliphatic carbocycles. The first-order valence-electron chi connectivity index (χ1n) is 2.44. The molecule has 0 aliphatic rings. The van der Waals surface area contributed by atoms with Crippen molar-refractivity contribution in [3.8, 4) is 0 Å². The molecule has 0 unspecified atom stereocenters. The van der Waals surface area contributed by atoms with Gasteiger partial charge >= 0.3 is 45.6 Å². The van der Waals surface area contributed by atoms with Crippen LogP contribution in [0.15, 0.2) is 0 Å². The van der Waals surface area contributed by atoms with Crippen molar-refractivity contribution in [2.45, 2.75) is 24.6 Å². The van der Waals surface area contributed by atoms with Gasteiger partial charge in [0, 0.05) is 0 Å². The van der Waals surface area contributed by atoms with Crippen molar-refractivity contribution in [3.63, 3.8) is 0 Å². The average molecular weight is 162 g/mol. The quantitative estimate of drug-likeness (QED) is 0.509. The van der Waals surface area contributed by atoms with E-state index in [1.165, 1.54) is 0 Å². The number of hydrogen-bond donors (Lipinski definition) is 0. The van der Waals surface area contributed by atoms with Gasteiger partial charge in [-0.2, -0.15) is 0 Å². The molecule has 0 N–H and O–H groups in total. The van der Waals surface area contributed by atoms with Crippen LogP contribution in [-0.2, 0) is 0 Å². The zero-order chi connectivity index (χ0) is 5.15. The molecule has 0 nitrogen and oxygen atoms in total. The molecule has 0 spiro atoms. The molecule has 0 rings (SSSR count). The zero-order valence-corrected chi connectivity index (χ0v) is 8.33. The van der Waals surface area contributed by atoms with Crippen molar-refractivity contribution in [3.05, 3.63) is 0 Å². The molecule has 0 bridgehead atoms. The van der Waals surface area contributed by atoms with Crippen molar-refractivity contribution in [2.75, 3.05) is 0 Å². The van der Waals surface area contributed by atoms with E-state index in [0.717, 1.165) is 0 Å². The van der Waals surface area contributed by atoms with Crippen molar-refractivity contribution < 1.29 is 0 Å². The van der Waals surface area contributed by atoms with Crippen LogP contribution in [0.3, 0.4) is 0 Å². The van der Waals surface area contributed by atoms with Crippen LogP contribution in [0, 0.1) is 0 Å². The van der Waals surface area contributed by atoms with E-state index in [-0.39, 0.29) is 21.0 Å². The second-order valence-electron chi connectivity index (χ2n) is 2.23. The third kappa shape index (κ3) is 2.97. The molecule has 0 amide bonds. The molecule has 0 aliphatic heterocycles. The monoisotopic (exact) mass is 163 g/mol. The molecule has 0 atom stereocenters. The fourth-order valence-corrected chi connectivity index (χ4v) is 0. The predicted molar refractivity (Wildman–Crippen MR) is 36.4 cm³/mol. The van der Waals surface area contributed by atoms with E-state index in [2.05, 4.69) is 24.6 Å². The van der Waals surface area contributed by atoms with E-state index in [9.17, 15) is 0 Å². The summed E-state index contributed by atoms with van der Waals surface area (Å²) in [6, 6.07) is 0. The van der Waals surface area contributed by atoms with Crippen LogP contribution >= 0.6 is 0 Å². The van der Waals surface area contributed by atoms with Crippen molar-refractivity contribution in [1.29, 1.82) is 0 Å². The van der Waals surface area contributed by atoms with E-state index in [1.807, 2.05) is 0 Å². The first-order chi connectivity index (χ1) is 2.64. The topological polar surface area (TPSA) is 0 Å². The van der Waals surface area contributed by atoms with Gasteiger partial charge in [-0.3, -0.25) is 0 Å². The summed E-state index contributed by atoms with van der Waals surface area (Å²) in [4.78, 5) is 0. The summed E-state index contributed by atoms with van der Waals surface area (Å²) in [5.41, 5.74) is 0. The molecule has 0 aromatic heterocycles. The second kappa shape index (κ2) is 2.86. The molecular formula is C4H13GeSi.